The van der Waals surface area contributed by atoms with Crippen LogP contribution in [0, 0.1) is 0 Å². The Morgan fingerprint density at radius 1 is 1.29 bits per heavy atom. The molecule has 21 heavy (non-hydrogen) atoms. The van der Waals surface area contributed by atoms with Crippen LogP contribution in [0.3, 0.4) is 0 Å². The van der Waals surface area contributed by atoms with Gasteiger partial charge >= 0.3 is 5.97 Å². The van der Waals surface area contributed by atoms with Crippen LogP contribution in [0.4, 0.5) is 0 Å². The molecule has 1 unspecified atom stereocenters. The standard InChI is InChI=1S/C17H34N2O2/c1-4-13-18-17(5-2,16(20)21)12-9-14-19(3)15-10-7-6-8-11-15/h15,18H,4-14H2,1-3H3,(H,20,21). The molecule has 0 saturated heterocycles. The van der Waals surface area contributed by atoms with Crippen LogP contribution in [0.1, 0.15) is 71.6 Å². The first kappa shape index (κ1) is 18.4. The summed E-state index contributed by atoms with van der Waals surface area (Å²) in [6.07, 6.45) is 9.97. The average molecular weight is 298 g/mol. The number of hydrogen-bond acceptors (Lipinski definition) is 3. The van der Waals surface area contributed by atoms with Gasteiger partial charge in [-0.25, -0.2) is 0 Å². The van der Waals surface area contributed by atoms with Crippen molar-refractivity contribution in [3.05, 3.63) is 0 Å². The predicted octanol–water partition coefficient (Wildman–Crippen LogP) is 3.26. The number of hydrogen-bond donors (Lipinski definition) is 2. The van der Waals surface area contributed by atoms with Gasteiger partial charge in [0.15, 0.2) is 0 Å². The normalized spacial score (nSPS) is 19.6. The molecule has 0 bridgehead atoms. The van der Waals surface area contributed by atoms with Gasteiger partial charge in [-0.2, -0.15) is 0 Å². The SMILES string of the molecule is CCCNC(CC)(CCCN(C)C1CCCCC1)C(=O)O. The minimum atomic E-state index is -0.733. The highest BCUT2D eigenvalue weighted by Gasteiger charge is 2.35. The molecule has 0 heterocycles. The second-order valence-electron chi connectivity index (χ2n) is 6.54. The molecule has 0 aliphatic heterocycles. The fraction of sp³-hybridized carbons (Fsp3) is 0.941. The van der Waals surface area contributed by atoms with E-state index in [0.717, 1.165) is 32.4 Å². The predicted molar refractivity (Wildman–Crippen MR) is 87.7 cm³/mol. The van der Waals surface area contributed by atoms with Crippen LogP contribution in [0.15, 0.2) is 0 Å². The third kappa shape index (κ3) is 5.59. The second-order valence-corrected chi connectivity index (χ2v) is 6.54. The molecular formula is C17H34N2O2. The molecule has 0 aromatic carbocycles. The molecular weight excluding hydrogens is 264 g/mol. The number of carboxylic acids is 1. The van der Waals surface area contributed by atoms with Gasteiger partial charge in [0.05, 0.1) is 0 Å². The number of rotatable bonds is 10. The van der Waals surface area contributed by atoms with Crippen molar-refractivity contribution in [1.82, 2.24) is 10.2 Å². The largest absolute Gasteiger partial charge is 0.480 e. The molecule has 0 aromatic rings. The smallest absolute Gasteiger partial charge is 0.323 e. The zero-order valence-electron chi connectivity index (χ0n) is 14.2. The molecule has 1 rings (SSSR count). The Balaban J connectivity index is 2.42. The lowest BCUT2D eigenvalue weighted by atomic mass is 9.89. The highest BCUT2D eigenvalue weighted by molar-refractivity contribution is 5.78. The lowest BCUT2D eigenvalue weighted by Gasteiger charge is -2.33. The van der Waals surface area contributed by atoms with Crippen molar-refractivity contribution >= 4 is 5.97 Å². The summed E-state index contributed by atoms with van der Waals surface area (Å²) < 4.78 is 0. The van der Waals surface area contributed by atoms with E-state index in [4.69, 9.17) is 0 Å². The number of carboxylic acid groups (broad SMARTS) is 1. The summed E-state index contributed by atoms with van der Waals surface area (Å²) in [4.78, 5) is 14.1. The van der Waals surface area contributed by atoms with Gasteiger partial charge in [-0.05, 0) is 58.7 Å². The number of nitrogens with zero attached hydrogens (tertiary/aromatic N) is 1. The van der Waals surface area contributed by atoms with Gasteiger partial charge in [0.25, 0.3) is 0 Å². The Hall–Kier alpha value is -0.610. The molecule has 2 N–H and O–H groups in total. The van der Waals surface area contributed by atoms with Gasteiger partial charge in [-0.3, -0.25) is 4.79 Å². The van der Waals surface area contributed by atoms with Crippen LogP contribution >= 0.6 is 0 Å². The van der Waals surface area contributed by atoms with E-state index in [1.165, 1.54) is 32.1 Å². The molecule has 4 heteroatoms. The molecule has 1 fully saturated rings. The van der Waals surface area contributed by atoms with Crippen molar-refractivity contribution in [3.8, 4) is 0 Å². The van der Waals surface area contributed by atoms with E-state index in [9.17, 15) is 9.90 Å². The topological polar surface area (TPSA) is 52.6 Å². The maximum absolute atomic E-state index is 11.7. The summed E-state index contributed by atoms with van der Waals surface area (Å²) in [7, 11) is 2.20. The maximum Gasteiger partial charge on any atom is 0.323 e. The fourth-order valence-electron chi connectivity index (χ4n) is 3.42. The summed E-state index contributed by atoms with van der Waals surface area (Å²) in [5.74, 6) is -0.696. The number of nitrogens with one attached hydrogen (secondary N) is 1. The van der Waals surface area contributed by atoms with Crippen molar-refractivity contribution in [2.75, 3.05) is 20.1 Å². The Kier molecular flexibility index (Phi) is 8.27. The van der Waals surface area contributed by atoms with Crippen molar-refractivity contribution in [2.45, 2.75) is 83.2 Å². The van der Waals surface area contributed by atoms with E-state index in [-0.39, 0.29) is 0 Å². The molecule has 0 amide bonds. The van der Waals surface area contributed by atoms with Gasteiger partial charge in [0, 0.05) is 6.04 Å². The average Bonchev–Trinajstić information content (AvgIpc) is 2.51. The molecule has 1 aliphatic carbocycles. The van der Waals surface area contributed by atoms with Gasteiger partial charge in [-0.15, -0.1) is 0 Å². The van der Waals surface area contributed by atoms with Crippen molar-refractivity contribution in [1.29, 1.82) is 0 Å². The van der Waals surface area contributed by atoms with E-state index in [1.807, 2.05) is 6.92 Å². The highest BCUT2D eigenvalue weighted by Crippen LogP contribution is 2.23. The Bertz CT molecular complexity index is 303. The van der Waals surface area contributed by atoms with E-state index in [2.05, 4.69) is 24.2 Å². The molecule has 0 radical (unpaired) electrons. The van der Waals surface area contributed by atoms with Gasteiger partial charge in [0.1, 0.15) is 5.54 Å². The molecule has 1 aliphatic rings. The van der Waals surface area contributed by atoms with E-state index < -0.39 is 11.5 Å². The monoisotopic (exact) mass is 298 g/mol. The van der Waals surface area contributed by atoms with Crippen LogP contribution in [0.25, 0.3) is 0 Å². The van der Waals surface area contributed by atoms with E-state index in [1.54, 1.807) is 0 Å². The number of aliphatic carboxylic acids is 1. The van der Waals surface area contributed by atoms with Crippen LogP contribution in [-0.2, 0) is 4.79 Å². The van der Waals surface area contributed by atoms with Gasteiger partial charge in [-0.1, -0.05) is 33.1 Å². The van der Waals surface area contributed by atoms with Crippen molar-refractivity contribution in [3.63, 3.8) is 0 Å². The van der Waals surface area contributed by atoms with Crippen molar-refractivity contribution < 1.29 is 9.90 Å². The zero-order valence-corrected chi connectivity index (χ0v) is 14.2. The van der Waals surface area contributed by atoms with Crippen LogP contribution < -0.4 is 5.32 Å². The highest BCUT2D eigenvalue weighted by atomic mass is 16.4. The van der Waals surface area contributed by atoms with Gasteiger partial charge < -0.3 is 15.3 Å². The number of carbonyl (C=O) groups is 1. The first-order chi connectivity index (χ1) is 10.1. The minimum Gasteiger partial charge on any atom is -0.480 e. The summed E-state index contributed by atoms with van der Waals surface area (Å²) in [5.41, 5.74) is -0.733. The van der Waals surface area contributed by atoms with E-state index >= 15 is 0 Å². The Morgan fingerprint density at radius 3 is 2.48 bits per heavy atom. The Labute approximate surface area is 130 Å². The fourth-order valence-corrected chi connectivity index (χ4v) is 3.42. The summed E-state index contributed by atoms with van der Waals surface area (Å²) in [6, 6.07) is 0.711. The lowest BCUT2D eigenvalue weighted by molar-refractivity contribution is -0.145. The molecule has 1 saturated carbocycles. The molecule has 0 spiro atoms. The molecule has 0 aromatic heterocycles. The second kappa shape index (κ2) is 9.42. The third-order valence-corrected chi connectivity index (χ3v) is 5.04. The lowest BCUT2D eigenvalue weighted by Crippen LogP contribution is -2.52. The van der Waals surface area contributed by atoms with Gasteiger partial charge in [0.2, 0.25) is 0 Å². The van der Waals surface area contributed by atoms with E-state index in [0.29, 0.717) is 12.5 Å². The summed E-state index contributed by atoms with van der Waals surface area (Å²) in [5, 5.41) is 12.9. The van der Waals surface area contributed by atoms with Crippen molar-refractivity contribution in [2.24, 2.45) is 0 Å². The Morgan fingerprint density at radius 2 is 1.95 bits per heavy atom. The summed E-state index contributed by atoms with van der Waals surface area (Å²) in [6.45, 7) is 5.83. The van der Waals surface area contributed by atoms with Crippen LogP contribution in [0.2, 0.25) is 0 Å². The molecule has 4 nitrogen and oxygen atoms in total. The zero-order chi connectivity index (χ0) is 15.7. The third-order valence-electron chi connectivity index (χ3n) is 5.04. The quantitative estimate of drug-likeness (QED) is 0.650. The maximum atomic E-state index is 11.7. The first-order valence-electron chi connectivity index (χ1n) is 8.74. The molecule has 1 atom stereocenters. The first-order valence-corrected chi connectivity index (χ1v) is 8.74. The van der Waals surface area contributed by atoms with Crippen LogP contribution in [0.5, 0.6) is 0 Å². The molecule has 124 valence electrons. The van der Waals surface area contributed by atoms with Crippen LogP contribution in [-0.4, -0.2) is 47.7 Å². The minimum absolute atomic E-state index is 0.648. The summed E-state index contributed by atoms with van der Waals surface area (Å²) >= 11 is 0.